The molecule has 0 saturated heterocycles. The molecule has 1 aromatic carbocycles. The molecular formula is C11H12N2O. The van der Waals surface area contributed by atoms with Crippen LogP contribution in [0.15, 0.2) is 29.3 Å². The lowest BCUT2D eigenvalue weighted by molar-refractivity contribution is 0.236. The van der Waals surface area contributed by atoms with Gasteiger partial charge in [0.1, 0.15) is 0 Å². The maximum atomic E-state index is 8.90. The molecule has 0 atom stereocenters. The van der Waals surface area contributed by atoms with Crippen molar-refractivity contribution in [2.24, 2.45) is 4.99 Å². The maximum absolute atomic E-state index is 8.90. The second kappa shape index (κ2) is 3.64. The highest BCUT2D eigenvalue weighted by molar-refractivity contribution is 6.31. The third kappa shape index (κ3) is 1.32. The molecule has 0 spiro atoms. The quantitative estimate of drug-likeness (QED) is 0.423. The van der Waals surface area contributed by atoms with Crippen molar-refractivity contribution in [3.63, 3.8) is 0 Å². The first-order valence-corrected chi connectivity index (χ1v) is 4.63. The van der Waals surface area contributed by atoms with Gasteiger partial charge in [0, 0.05) is 12.1 Å². The van der Waals surface area contributed by atoms with Crippen LogP contribution >= 0.6 is 0 Å². The molecule has 2 rings (SSSR count). The molecule has 1 aliphatic rings. The second-order valence-corrected chi connectivity index (χ2v) is 3.08. The summed E-state index contributed by atoms with van der Waals surface area (Å²) in [6, 6.07) is 8.04. The Hall–Kier alpha value is -1.61. The zero-order chi connectivity index (χ0) is 9.97. The van der Waals surface area contributed by atoms with Crippen LogP contribution in [0.5, 0.6) is 0 Å². The van der Waals surface area contributed by atoms with Crippen LogP contribution in [0.1, 0.15) is 18.1 Å². The van der Waals surface area contributed by atoms with E-state index in [0.717, 1.165) is 11.1 Å². The lowest BCUT2D eigenvalue weighted by atomic mass is 9.88. The third-order valence-corrected chi connectivity index (χ3v) is 2.23. The molecule has 0 fully saturated rings. The average molecular weight is 188 g/mol. The van der Waals surface area contributed by atoms with Gasteiger partial charge in [-0.15, -0.1) is 0 Å². The zero-order valence-electron chi connectivity index (χ0n) is 7.99. The molecule has 3 nitrogen and oxygen atoms in total. The number of amidine groups is 1. The Kier molecular flexibility index (Phi) is 2.33. The summed E-state index contributed by atoms with van der Waals surface area (Å²) >= 11 is 0. The fourth-order valence-corrected chi connectivity index (χ4v) is 1.56. The van der Waals surface area contributed by atoms with Crippen molar-refractivity contribution in [2.45, 2.75) is 6.92 Å². The van der Waals surface area contributed by atoms with Gasteiger partial charge in [0.05, 0.1) is 0 Å². The van der Waals surface area contributed by atoms with Crippen LogP contribution in [0, 0.1) is 0 Å². The molecule has 0 heterocycles. The van der Waals surface area contributed by atoms with Crippen LogP contribution in [0.4, 0.5) is 0 Å². The summed E-state index contributed by atoms with van der Waals surface area (Å²) in [5.74, 6) is 0.547. The van der Waals surface area contributed by atoms with E-state index in [4.69, 9.17) is 5.21 Å². The van der Waals surface area contributed by atoms with E-state index in [-0.39, 0.29) is 0 Å². The van der Waals surface area contributed by atoms with Crippen molar-refractivity contribution in [3.8, 4) is 0 Å². The minimum absolute atomic E-state index is 0.547. The number of nitrogens with one attached hydrogen (secondary N) is 1. The molecule has 3 heteroatoms. The monoisotopic (exact) mass is 188 g/mol. The van der Waals surface area contributed by atoms with Gasteiger partial charge in [-0.1, -0.05) is 24.3 Å². The molecule has 2 N–H and O–H groups in total. The SMILES string of the molecule is CCN=C(NO)C1=Cc2ccccc21. The molecule has 14 heavy (non-hydrogen) atoms. The fraction of sp³-hybridized carbons (Fsp3) is 0.182. The van der Waals surface area contributed by atoms with Gasteiger partial charge in [-0.2, -0.15) is 0 Å². The number of nitrogens with zero attached hydrogens (tertiary/aromatic N) is 1. The molecule has 0 saturated carbocycles. The molecule has 72 valence electrons. The van der Waals surface area contributed by atoms with E-state index in [0.29, 0.717) is 12.4 Å². The van der Waals surface area contributed by atoms with Gasteiger partial charge >= 0.3 is 0 Å². The van der Waals surface area contributed by atoms with Crippen molar-refractivity contribution in [2.75, 3.05) is 6.54 Å². The Bertz CT molecular complexity index is 408. The van der Waals surface area contributed by atoms with E-state index in [1.807, 2.05) is 37.3 Å². The Labute approximate surface area is 82.8 Å². The van der Waals surface area contributed by atoms with Crippen LogP contribution in [0.3, 0.4) is 0 Å². The molecule has 0 amide bonds. The van der Waals surface area contributed by atoms with Gasteiger partial charge in [0.2, 0.25) is 0 Å². The van der Waals surface area contributed by atoms with Crippen molar-refractivity contribution >= 4 is 17.5 Å². The normalized spacial score (nSPS) is 14.1. The summed E-state index contributed by atoms with van der Waals surface area (Å²) in [4.78, 5) is 4.15. The highest BCUT2D eigenvalue weighted by atomic mass is 16.5. The minimum Gasteiger partial charge on any atom is -0.290 e. The van der Waals surface area contributed by atoms with Gasteiger partial charge in [-0.3, -0.25) is 15.7 Å². The van der Waals surface area contributed by atoms with Gasteiger partial charge < -0.3 is 0 Å². The lowest BCUT2D eigenvalue weighted by Gasteiger charge is -2.20. The summed E-state index contributed by atoms with van der Waals surface area (Å²) in [6.07, 6.45) is 2.01. The second-order valence-electron chi connectivity index (χ2n) is 3.08. The van der Waals surface area contributed by atoms with Gasteiger partial charge in [0.15, 0.2) is 5.84 Å². The average Bonchev–Trinajstić information content (AvgIpc) is 2.18. The first kappa shape index (κ1) is 8.97. The van der Waals surface area contributed by atoms with Gasteiger partial charge in [0.25, 0.3) is 0 Å². The Balaban J connectivity index is 2.29. The Morgan fingerprint density at radius 2 is 2.21 bits per heavy atom. The van der Waals surface area contributed by atoms with E-state index in [1.165, 1.54) is 5.56 Å². The topological polar surface area (TPSA) is 44.6 Å². The highest BCUT2D eigenvalue weighted by Crippen LogP contribution is 2.32. The summed E-state index contributed by atoms with van der Waals surface area (Å²) in [5.41, 5.74) is 5.44. The number of fused-ring (bicyclic) bond motifs is 1. The molecule has 1 aliphatic carbocycles. The molecule has 0 aliphatic heterocycles. The summed E-state index contributed by atoms with van der Waals surface area (Å²) in [6.45, 7) is 2.59. The smallest absolute Gasteiger partial charge is 0.152 e. The largest absolute Gasteiger partial charge is 0.290 e. The summed E-state index contributed by atoms with van der Waals surface area (Å²) < 4.78 is 0. The number of benzene rings is 1. The number of rotatable bonds is 2. The van der Waals surface area contributed by atoms with E-state index in [9.17, 15) is 0 Å². The van der Waals surface area contributed by atoms with Crippen molar-refractivity contribution in [1.82, 2.24) is 5.48 Å². The van der Waals surface area contributed by atoms with Gasteiger partial charge in [-0.25, -0.2) is 0 Å². The van der Waals surface area contributed by atoms with E-state index in [2.05, 4.69) is 10.5 Å². The first-order chi connectivity index (χ1) is 6.86. The third-order valence-electron chi connectivity index (χ3n) is 2.23. The molecular weight excluding hydrogens is 176 g/mol. The maximum Gasteiger partial charge on any atom is 0.152 e. The molecule has 0 bridgehead atoms. The predicted octanol–water partition coefficient (Wildman–Crippen LogP) is 1.94. The zero-order valence-corrected chi connectivity index (χ0v) is 7.99. The summed E-state index contributed by atoms with van der Waals surface area (Å²) in [7, 11) is 0. The molecule has 1 aromatic rings. The van der Waals surface area contributed by atoms with Gasteiger partial charge in [-0.05, 0) is 24.1 Å². The first-order valence-electron chi connectivity index (χ1n) is 4.63. The van der Waals surface area contributed by atoms with Crippen molar-refractivity contribution in [3.05, 3.63) is 35.4 Å². The van der Waals surface area contributed by atoms with Crippen molar-refractivity contribution in [1.29, 1.82) is 0 Å². The molecule has 0 aromatic heterocycles. The number of hydroxylamine groups is 1. The highest BCUT2D eigenvalue weighted by Gasteiger charge is 2.19. The lowest BCUT2D eigenvalue weighted by Crippen LogP contribution is -2.23. The Morgan fingerprint density at radius 1 is 1.43 bits per heavy atom. The van der Waals surface area contributed by atoms with Crippen LogP contribution in [0.2, 0.25) is 0 Å². The summed E-state index contributed by atoms with van der Waals surface area (Å²) in [5, 5.41) is 8.90. The van der Waals surface area contributed by atoms with Crippen LogP contribution in [-0.4, -0.2) is 17.6 Å². The standard InChI is InChI=1S/C11H12N2O/c1-2-12-11(13-14)10-7-8-5-3-4-6-9(8)10/h3-7,14H,2H2,1H3,(H,12,13). The Morgan fingerprint density at radius 3 is 2.86 bits per heavy atom. The molecule has 0 radical (unpaired) electrons. The fourth-order valence-electron chi connectivity index (χ4n) is 1.56. The van der Waals surface area contributed by atoms with Crippen LogP contribution in [0.25, 0.3) is 11.6 Å². The molecule has 0 unspecified atom stereocenters. The van der Waals surface area contributed by atoms with Crippen molar-refractivity contribution < 1.29 is 5.21 Å². The van der Waals surface area contributed by atoms with Crippen LogP contribution < -0.4 is 5.48 Å². The van der Waals surface area contributed by atoms with E-state index >= 15 is 0 Å². The predicted molar refractivity (Wildman–Crippen MR) is 57.2 cm³/mol. The van der Waals surface area contributed by atoms with E-state index < -0.39 is 0 Å². The number of hydrogen-bond acceptors (Lipinski definition) is 2. The number of aliphatic imine (C=N–C) groups is 1. The minimum atomic E-state index is 0.547. The van der Waals surface area contributed by atoms with E-state index in [1.54, 1.807) is 0 Å². The van der Waals surface area contributed by atoms with Crippen LogP contribution in [-0.2, 0) is 0 Å². The number of hydrogen-bond donors (Lipinski definition) is 2.